The molecule has 2 aromatic rings. The molecule has 24 heavy (non-hydrogen) atoms. The Hall–Kier alpha value is -2.69. The molecule has 0 atom stereocenters. The van der Waals surface area contributed by atoms with E-state index in [1.807, 2.05) is 61.5 Å². The first-order valence-electron chi connectivity index (χ1n) is 8.01. The van der Waals surface area contributed by atoms with Crippen molar-refractivity contribution >= 4 is 6.03 Å². The molecule has 0 saturated heterocycles. The number of carbonyl (C=O) groups excluding carboxylic acids is 1. The molecular weight excluding hydrogens is 304 g/mol. The zero-order valence-corrected chi connectivity index (χ0v) is 14.2. The molecule has 0 aliphatic carbocycles. The number of aryl methyl sites for hydroxylation is 1. The third kappa shape index (κ3) is 6.20. The van der Waals surface area contributed by atoms with Crippen molar-refractivity contribution in [3.8, 4) is 11.5 Å². The van der Waals surface area contributed by atoms with Gasteiger partial charge in [-0.3, -0.25) is 0 Å². The number of nitrogens with zero attached hydrogens (tertiary/aromatic N) is 1. The topological polar surface area (TPSA) is 50.8 Å². The molecule has 2 aromatic carbocycles. The van der Waals surface area contributed by atoms with Gasteiger partial charge in [-0.2, -0.15) is 0 Å². The Kier molecular flexibility index (Phi) is 6.95. The minimum absolute atomic E-state index is 0.140. The number of benzene rings is 2. The van der Waals surface area contributed by atoms with E-state index in [4.69, 9.17) is 9.47 Å². The second-order valence-electron chi connectivity index (χ2n) is 5.48. The van der Waals surface area contributed by atoms with E-state index in [0.717, 1.165) is 11.5 Å². The van der Waals surface area contributed by atoms with Crippen molar-refractivity contribution in [1.82, 2.24) is 10.2 Å². The number of likely N-dealkylation sites (N-methyl/N-ethyl adjacent to an activating group) is 1. The van der Waals surface area contributed by atoms with Crippen molar-refractivity contribution < 1.29 is 14.3 Å². The first kappa shape index (κ1) is 17.7. The van der Waals surface area contributed by atoms with E-state index in [2.05, 4.69) is 5.32 Å². The zero-order valence-electron chi connectivity index (χ0n) is 14.2. The van der Waals surface area contributed by atoms with Gasteiger partial charge in [0, 0.05) is 7.05 Å². The lowest BCUT2D eigenvalue weighted by atomic mass is 10.2. The summed E-state index contributed by atoms with van der Waals surface area (Å²) < 4.78 is 11.1. The fourth-order valence-electron chi connectivity index (χ4n) is 2.01. The molecule has 5 nitrogen and oxygen atoms in total. The van der Waals surface area contributed by atoms with Crippen LogP contribution in [-0.2, 0) is 0 Å². The highest BCUT2D eigenvalue weighted by Crippen LogP contribution is 2.11. The standard InChI is InChI=1S/C19H24N2O3/c1-16-8-10-18(11-9-16)24-15-13-21(2)19(22)20-12-14-23-17-6-4-3-5-7-17/h3-11H,12-15H2,1-2H3,(H,20,22). The second-order valence-corrected chi connectivity index (χ2v) is 5.48. The first-order chi connectivity index (χ1) is 11.6. The highest BCUT2D eigenvalue weighted by molar-refractivity contribution is 5.73. The molecular formula is C19H24N2O3. The largest absolute Gasteiger partial charge is 0.492 e. The molecule has 5 heteroatoms. The number of amides is 2. The highest BCUT2D eigenvalue weighted by Gasteiger charge is 2.07. The van der Waals surface area contributed by atoms with Crippen LogP contribution in [0.25, 0.3) is 0 Å². The Bertz CT molecular complexity index is 614. The van der Waals surface area contributed by atoms with Gasteiger partial charge in [0.25, 0.3) is 0 Å². The number of hydrogen-bond donors (Lipinski definition) is 1. The molecule has 1 N–H and O–H groups in total. The second kappa shape index (κ2) is 9.45. The van der Waals surface area contributed by atoms with E-state index in [9.17, 15) is 4.79 Å². The molecule has 0 aliphatic heterocycles. The quantitative estimate of drug-likeness (QED) is 0.758. The lowest BCUT2D eigenvalue weighted by Crippen LogP contribution is -2.40. The van der Waals surface area contributed by atoms with Gasteiger partial charge in [0.1, 0.15) is 24.7 Å². The molecule has 0 bridgehead atoms. The lowest BCUT2D eigenvalue weighted by Gasteiger charge is -2.18. The zero-order chi connectivity index (χ0) is 17.2. The van der Waals surface area contributed by atoms with Gasteiger partial charge >= 0.3 is 6.03 Å². The van der Waals surface area contributed by atoms with Crippen molar-refractivity contribution in [1.29, 1.82) is 0 Å². The van der Waals surface area contributed by atoms with Crippen LogP contribution in [0.1, 0.15) is 5.56 Å². The van der Waals surface area contributed by atoms with Crippen LogP contribution in [0.2, 0.25) is 0 Å². The molecule has 0 saturated carbocycles. The Labute approximate surface area is 143 Å². The van der Waals surface area contributed by atoms with Gasteiger partial charge < -0.3 is 19.7 Å². The molecule has 0 aliphatic rings. The van der Waals surface area contributed by atoms with Crippen molar-refractivity contribution in [2.75, 3.05) is 33.4 Å². The summed E-state index contributed by atoms with van der Waals surface area (Å²) in [5.74, 6) is 1.61. The summed E-state index contributed by atoms with van der Waals surface area (Å²) in [5, 5.41) is 2.82. The highest BCUT2D eigenvalue weighted by atomic mass is 16.5. The van der Waals surface area contributed by atoms with Gasteiger partial charge in [-0.05, 0) is 31.2 Å². The van der Waals surface area contributed by atoms with E-state index in [1.165, 1.54) is 5.56 Å². The van der Waals surface area contributed by atoms with Crippen LogP contribution in [-0.4, -0.2) is 44.3 Å². The SMILES string of the molecule is Cc1ccc(OCCN(C)C(=O)NCCOc2ccccc2)cc1. The predicted molar refractivity (Wildman–Crippen MR) is 94.6 cm³/mol. The molecule has 0 heterocycles. The summed E-state index contributed by atoms with van der Waals surface area (Å²) in [4.78, 5) is 13.5. The summed E-state index contributed by atoms with van der Waals surface area (Å²) in [6.07, 6.45) is 0. The number of hydrogen-bond acceptors (Lipinski definition) is 3. The van der Waals surface area contributed by atoms with Crippen molar-refractivity contribution in [3.05, 3.63) is 60.2 Å². The molecule has 0 aromatic heterocycles. The fraction of sp³-hybridized carbons (Fsp3) is 0.316. The van der Waals surface area contributed by atoms with E-state index in [-0.39, 0.29) is 6.03 Å². The number of carbonyl (C=O) groups is 1. The Morgan fingerprint density at radius 2 is 1.58 bits per heavy atom. The number of urea groups is 1. The number of para-hydroxylation sites is 1. The number of rotatable bonds is 8. The van der Waals surface area contributed by atoms with Gasteiger partial charge in [0.05, 0.1) is 13.1 Å². The van der Waals surface area contributed by atoms with Gasteiger partial charge in [0.2, 0.25) is 0 Å². The summed E-state index contributed by atoms with van der Waals surface area (Å²) in [5.41, 5.74) is 1.19. The minimum Gasteiger partial charge on any atom is -0.492 e. The van der Waals surface area contributed by atoms with Gasteiger partial charge in [0.15, 0.2) is 0 Å². The third-order valence-corrected chi connectivity index (χ3v) is 3.45. The molecule has 128 valence electrons. The maximum absolute atomic E-state index is 11.9. The Morgan fingerprint density at radius 1 is 0.958 bits per heavy atom. The van der Waals surface area contributed by atoms with Crippen LogP contribution in [0.5, 0.6) is 11.5 Å². The van der Waals surface area contributed by atoms with E-state index in [1.54, 1.807) is 11.9 Å². The van der Waals surface area contributed by atoms with Crippen molar-refractivity contribution in [2.24, 2.45) is 0 Å². The average molecular weight is 328 g/mol. The average Bonchev–Trinajstić information content (AvgIpc) is 2.61. The Balaban J connectivity index is 1.59. The van der Waals surface area contributed by atoms with Crippen LogP contribution in [0.4, 0.5) is 4.79 Å². The fourth-order valence-corrected chi connectivity index (χ4v) is 2.01. The Morgan fingerprint density at radius 3 is 2.29 bits per heavy atom. The minimum atomic E-state index is -0.140. The van der Waals surface area contributed by atoms with Gasteiger partial charge in [-0.25, -0.2) is 4.79 Å². The molecule has 0 unspecified atom stereocenters. The molecule has 0 radical (unpaired) electrons. The van der Waals surface area contributed by atoms with Crippen LogP contribution in [0.3, 0.4) is 0 Å². The van der Waals surface area contributed by atoms with Crippen LogP contribution < -0.4 is 14.8 Å². The molecule has 0 spiro atoms. The van der Waals surface area contributed by atoms with Crippen molar-refractivity contribution in [3.63, 3.8) is 0 Å². The third-order valence-electron chi connectivity index (χ3n) is 3.45. The van der Waals surface area contributed by atoms with E-state index < -0.39 is 0 Å². The smallest absolute Gasteiger partial charge is 0.317 e. The molecule has 2 rings (SSSR count). The first-order valence-corrected chi connectivity index (χ1v) is 8.01. The van der Waals surface area contributed by atoms with Crippen molar-refractivity contribution in [2.45, 2.75) is 6.92 Å². The van der Waals surface area contributed by atoms with Crippen LogP contribution in [0, 0.1) is 6.92 Å². The lowest BCUT2D eigenvalue weighted by molar-refractivity contribution is 0.192. The summed E-state index contributed by atoms with van der Waals surface area (Å²) in [6.45, 7) is 3.89. The van der Waals surface area contributed by atoms with E-state index >= 15 is 0 Å². The summed E-state index contributed by atoms with van der Waals surface area (Å²) in [7, 11) is 1.74. The predicted octanol–water partition coefficient (Wildman–Crippen LogP) is 3.09. The molecule has 0 fully saturated rings. The van der Waals surface area contributed by atoms with E-state index in [0.29, 0.717) is 26.3 Å². The normalized spacial score (nSPS) is 10.1. The van der Waals surface area contributed by atoms with Gasteiger partial charge in [-0.15, -0.1) is 0 Å². The van der Waals surface area contributed by atoms with Gasteiger partial charge in [-0.1, -0.05) is 35.9 Å². The van der Waals surface area contributed by atoms with Crippen LogP contribution in [0.15, 0.2) is 54.6 Å². The maximum atomic E-state index is 11.9. The number of nitrogens with one attached hydrogen (secondary N) is 1. The number of ether oxygens (including phenoxy) is 2. The summed E-state index contributed by atoms with van der Waals surface area (Å²) >= 11 is 0. The maximum Gasteiger partial charge on any atom is 0.317 e. The summed E-state index contributed by atoms with van der Waals surface area (Å²) in [6, 6.07) is 17.2. The van der Waals surface area contributed by atoms with Crippen LogP contribution >= 0.6 is 0 Å². The molecule has 2 amide bonds. The monoisotopic (exact) mass is 328 g/mol.